The van der Waals surface area contributed by atoms with Crippen LogP contribution in [0.25, 0.3) is 38.4 Å². The van der Waals surface area contributed by atoms with Gasteiger partial charge in [0.2, 0.25) is 0 Å². The zero-order chi connectivity index (χ0) is 25.5. The lowest BCUT2D eigenvalue weighted by Gasteiger charge is -2.12. The lowest BCUT2D eigenvalue weighted by molar-refractivity contribution is -0.119. The fourth-order valence-electron chi connectivity index (χ4n) is 4.45. The number of carbonyl (C=O) groups is 1. The molecule has 3 aromatic carbocycles. The van der Waals surface area contributed by atoms with Crippen molar-refractivity contribution in [2.24, 2.45) is 0 Å². The van der Waals surface area contributed by atoms with Crippen LogP contribution in [-0.2, 0) is 4.79 Å². The Bertz CT molecular complexity index is 1870. The van der Waals surface area contributed by atoms with Gasteiger partial charge in [0, 0.05) is 28.4 Å². The van der Waals surface area contributed by atoms with Gasteiger partial charge in [-0.3, -0.25) is 15.0 Å². The monoisotopic (exact) mass is 509 g/mol. The molecule has 0 aliphatic heterocycles. The predicted octanol–water partition coefficient (Wildman–Crippen LogP) is 4.98. The zero-order valence-corrected chi connectivity index (χ0v) is 20.4. The second kappa shape index (κ2) is 9.07. The maximum absolute atomic E-state index is 13.2. The molecule has 37 heavy (non-hydrogen) atoms. The van der Waals surface area contributed by atoms with Gasteiger partial charge in [0.1, 0.15) is 5.75 Å². The van der Waals surface area contributed by atoms with E-state index in [2.05, 4.69) is 15.5 Å². The lowest BCUT2D eigenvalue weighted by Crippen LogP contribution is -2.35. The van der Waals surface area contributed by atoms with Gasteiger partial charge in [0.15, 0.2) is 12.3 Å². The van der Waals surface area contributed by atoms with E-state index in [4.69, 9.17) is 16.3 Å². The first kappa shape index (κ1) is 22.8. The summed E-state index contributed by atoms with van der Waals surface area (Å²) in [5, 5.41) is 7.50. The molecular weight excluding hydrogens is 490 g/mol. The van der Waals surface area contributed by atoms with Gasteiger partial charge in [-0.15, -0.1) is 0 Å². The first-order valence-electron chi connectivity index (χ1n) is 11.6. The predicted molar refractivity (Wildman–Crippen MR) is 144 cm³/mol. The number of hydrogen-bond acceptors (Lipinski definition) is 5. The van der Waals surface area contributed by atoms with Crippen molar-refractivity contribution in [2.45, 2.75) is 6.92 Å². The minimum absolute atomic E-state index is 0.251. The molecule has 9 heteroatoms. The summed E-state index contributed by atoms with van der Waals surface area (Å²) >= 11 is 6.04. The summed E-state index contributed by atoms with van der Waals surface area (Å²) in [6.45, 7) is 1.64. The molecule has 0 radical (unpaired) electrons. The maximum atomic E-state index is 13.2. The Balaban J connectivity index is 1.28. The van der Waals surface area contributed by atoms with E-state index < -0.39 is 11.5 Å². The molecule has 3 heterocycles. The molecular formula is C28H20ClN5O3. The van der Waals surface area contributed by atoms with E-state index >= 15 is 0 Å². The van der Waals surface area contributed by atoms with Crippen LogP contribution >= 0.6 is 11.6 Å². The SMILES string of the molecule is Cc1nn2c(ncc3c(=O)n(NC(=O)COc4cccc5ccccc45)ccc32)c1-c1ccc(Cl)cc1. The third-order valence-corrected chi connectivity index (χ3v) is 6.43. The molecule has 6 aromatic rings. The first-order valence-corrected chi connectivity index (χ1v) is 11.9. The highest BCUT2D eigenvalue weighted by Crippen LogP contribution is 2.29. The highest BCUT2D eigenvalue weighted by molar-refractivity contribution is 6.30. The second-order valence-corrected chi connectivity index (χ2v) is 8.99. The van der Waals surface area contributed by atoms with Crippen LogP contribution in [-0.4, -0.2) is 31.8 Å². The van der Waals surface area contributed by atoms with E-state index in [0.717, 1.165) is 32.3 Å². The van der Waals surface area contributed by atoms with E-state index in [1.807, 2.05) is 67.6 Å². The van der Waals surface area contributed by atoms with Crippen molar-refractivity contribution in [1.29, 1.82) is 0 Å². The minimum atomic E-state index is -0.469. The first-order chi connectivity index (χ1) is 18.0. The number of benzene rings is 3. The van der Waals surface area contributed by atoms with Crippen molar-refractivity contribution in [3.05, 3.63) is 106 Å². The molecule has 1 amide bonds. The van der Waals surface area contributed by atoms with Crippen molar-refractivity contribution in [3.8, 4) is 16.9 Å². The summed E-state index contributed by atoms with van der Waals surface area (Å²) in [6, 6.07) is 22.6. The smallest absolute Gasteiger partial charge is 0.280 e. The quantitative estimate of drug-likeness (QED) is 0.354. The second-order valence-electron chi connectivity index (χ2n) is 8.55. The summed E-state index contributed by atoms with van der Waals surface area (Å²) in [7, 11) is 0. The van der Waals surface area contributed by atoms with E-state index in [-0.39, 0.29) is 6.61 Å². The van der Waals surface area contributed by atoms with Gasteiger partial charge in [-0.2, -0.15) is 5.10 Å². The molecule has 0 unspecified atom stereocenters. The molecule has 8 nitrogen and oxygen atoms in total. The summed E-state index contributed by atoms with van der Waals surface area (Å²) in [5.74, 6) is 0.125. The van der Waals surface area contributed by atoms with E-state index in [0.29, 0.717) is 27.3 Å². The molecule has 0 spiro atoms. The van der Waals surface area contributed by atoms with Crippen molar-refractivity contribution in [3.63, 3.8) is 0 Å². The van der Waals surface area contributed by atoms with Gasteiger partial charge >= 0.3 is 0 Å². The van der Waals surface area contributed by atoms with Crippen LogP contribution < -0.4 is 15.7 Å². The van der Waals surface area contributed by atoms with Crippen molar-refractivity contribution in [1.82, 2.24) is 19.3 Å². The Morgan fingerprint density at radius 2 is 1.78 bits per heavy atom. The molecule has 0 aliphatic rings. The number of halogens is 1. The number of rotatable bonds is 5. The summed E-state index contributed by atoms with van der Waals surface area (Å²) in [5.41, 5.74) is 5.92. The number of fused-ring (bicyclic) bond motifs is 4. The Morgan fingerprint density at radius 3 is 2.62 bits per heavy atom. The molecule has 1 N–H and O–H groups in total. The van der Waals surface area contributed by atoms with Gasteiger partial charge in [0.05, 0.1) is 16.6 Å². The molecule has 182 valence electrons. The number of aryl methyl sites for hydroxylation is 1. The number of nitrogens with one attached hydrogen (secondary N) is 1. The van der Waals surface area contributed by atoms with Crippen LogP contribution in [0.5, 0.6) is 5.75 Å². The van der Waals surface area contributed by atoms with Crippen LogP contribution in [0.1, 0.15) is 5.69 Å². The largest absolute Gasteiger partial charge is 0.483 e. The Morgan fingerprint density at radius 1 is 1.00 bits per heavy atom. The number of amides is 1. The van der Waals surface area contributed by atoms with E-state index in [1.165, 1.54) is 12.4 Å². The Labute approximate surface area is 215 Å². The third kappa shape index (κ3) is 4.07. The van der Waals surface area contributed by atoms with Gasteiger partial charge in [0.25, 0.3) is 11.5 Å². The van der Waals surface area contributed by atoms with Crippen molar-refractivity contribution >= 4 is 44.8 Å². The standard InChI is InChI=1S/C28H20ClN5O3/c1-17-26(19-9-11-20(29)12-10-19)27-30-15-22-23(34(27)31-17)13-14-33(28(22)36)32-25(35)16-37-24-8-4-6-18-5-2-3-7-21(18)24/h2-15H,16H2,1H3,(H,32,35). The fraction of sp³-hybridized carbons (Fsp3) is 0.0714. The van der Waals surface area contributed by atoms with Gasteiger partial charge in [-0.05, 0) is 42.1 Å². The average molecular weight is 510 g/mol. The number of nitrogens with zero attached hydrogens (tertiary/aromatic N) is 4. The average Bonchev–Trinajstić information content (AvgIpc) is 3.25. The number of ether oxygens (including phenoxy) is 1. The fourth-order valence-corrected chi connectivity index (χ4v) is 4.58. The molecule has 6 rings (SSSR count). The Hall–Kier alpha value is -4.69. The summed E-state index contributed by atoms with van der Waals surface area (Å²) in [6.07, 6.45) is 3.00. The van der Waals surface area contributed by atoms with Crippen LogP contribution in [0, 0.1) is 6.92 Å². The molecule has 0 atom stereocenters. The molecule has 0 fully saturated rings. The molecule has 0 aliphatic carbocycles. The number of carbonyl (C=O) groups excluding carboxylic acids is 1. The minimum Gasteiger partial charge on any atom is -0.483 e. The molecule has 0 saturated carbocycles. The number of aromatic nitrogens is 4. The van der Waals surface area contributed by atoms with Crippen LogP contribution in [0.4, 0.5) is 0 Å². The maximum Gasteiger partial charge on any atom is 0.280 e. The van der Waals surface area contributed by atoms with Crippen LogP contribution in [0.2, 0.25) is 5.02 Å². The van der Waals surface area contributed by atoms with Gasteiger partial charge in [-0.25, -0.2) is 14.2 Å². The van der Waals surface area contributed by atoms with Crippen LogP contribution in [0.15, 0.2) is 90.0 Å². The highest BCUT2D eigenvalue weighted by atomic mass is 35.5. The van der Waals surface area contributed by atoms with E-state index in [1.54, 1.807) is 16.6 Å². The summed E-state index contributed by atoms with van der Waals surface area (Å²) < 4.78 is 8.51. The van der Waals surface area contributed by atoms with Crippen molar-refractivity contribution < 1.29 is 9.53 Å². The lowest BCUT2D eigenvalue weighted by atomic mass is 10.1. The topological polar surface area (TPSA) is 90.5 Å². The normalized spacial score (nSPS) is 11.3. The molecule has 0 bridgehead atoms. The van der Waals surface area contributed by atoms with Crippen LogP contribution in [0.3, 0.4) is 0 Å². The summed E-state index contributed by atoms with van der Waals surface area (Å²) in [4.78, 5) is 30.3. The molecule has 3 aromatic heterocycles. The molecule has 0 saturated heterocycles. The van der Waals surface area contributed by atoms with Crippen molar-refractivity contribution in [2.75, 3.05) is 12.0 Å². The highest BCUT2D eigenvalue weighted by Gasteiger charge is 2.17. The van der Waals surface area contributed by atoms with E-state index in [9.17, 15) is 9.59 Å². The Kier molecular flexibility index (Phi) is 5.58. The zero-order valence-electron chi connectivity index (χ0n) is 19.7. The van der Waals surface area contributed by atoms with Gasteiger partial charge < -0.3 is 4.74 Å². The number of hydrogen-bond donors (Lipinski definition) is 1. The number of pyridine rings is 1. The third-order valence-electron chi connectivity index (χ3n) is 6.17. The van der Waals surface area contributed by atoms with Gasteiger partial charge in [-0.1, -0.05) is 60.1 Å².